The summed E-state index contributed by atoms with van der Waals surface area (Å²) < 4.78 is 1.51. The first-order valence-electron chi connectivity index (χ1n) is 11.7. The van der Waals surface area contributed by atoms with Crippen LogP contribution in [0.25, 0.3) is 5.69 Å². The van der Waals surface area contributed by atoms with Gasteiger partial charge in [0.15, 0.2) is 0 Å². The molecule has 1 atom stereocenters. The first-order valence-corrected chi connectivity index (χ1v) is 12.0. The molecule has 1 heterocycles. The minimum atomic E-state index is -0.854. The van der Waals surface area contributed by atoms with E-state index in [0.717, 1.165) is 22.5 Å². The Morgan fingerprint density at radius 1 is 1.00 bits per heavy atom. The maximum atomic E-state index is 13.8. The average molecular weight is 503 g/mol. The third kappa shape index (κ3) is 5.44. The quantitative estimate of drug-likeness (QED) is 0.359. The number of tetrazole rings is 1. The van der Waals surface area contributed by atoms with Crippen molar-refractivity contribution in [2.75, 3.05) is 11.9 Å². The number of rotatable bonds is 8. The number of hydrogen-bond acceptors (Lipinski definition) is 5. The van der Waals surface area contributed by atoms with E-state index in [9.17, 15) is 9.59 Å². The molecule has 9 heteroatoms. The topological polar surface area (TPSA) is 93.0 Å². The molecule has 1 aromatic heterocycles. The Labute approximate surface area is 214 Å². The first-order chi connectivity index (χ1) is 17.4. The molecule has 8 nitrogen and oxygen atoms in total. The molecular weight excluding hydrogens is 476 g/mol. The molecule has 0 fully saturated rings. The molecule has 0 radical (unpaired) electrons. The van der Waals surface area contributed by atoms with E-state index in [1.807, 2.05) is 39.0 Å². The van der Waals surface area contributed by atoms with Gasteiger partial charge in [0.05, 0.1) is 5.69 Å². The summed E-state index contributed by atoms with van der Waals surface area (Å²) in [6.07, 6.45) is 2.16. The number of amides is 2. The zero-order chi connectivity index (χ0) is 25.7. The van der Waals surface area contributed by atoms with Crippen molar-refractivity contribution in [1.29, 1.82) is 0 Å². The molecule has 0 saturated carbocycles. The van der Waals surface area contributed by atoms with Crippen LogP contribution in [0.3, 0.4) is 0 Å². The second-order valence-electron chi connectivity index (χ2n) is 8.51. The SMILES string of the molecule is CCCN(C(=O)c1ccc(-n2cnnn2)cc1)[C@@H](C(=O)Nc1c(C)cccc1C)c1ccc(Cl)cc1. The van der Waals surface area contributed by atoms with Crippen LogP contribution < -0.4 is 5.32 Å². The smallest absolute Gasteiger partial charge is 0.254 e. The van der Waals surface area contributed by atoms with Gasteiger partial charge in [-0.25, -0.2) is 4.68 Å². The zero-order valence-electron chi connectivity index (χ0n) is 20.4. The third-order valence-electron chi connectivity index (χ3n) is 5.93. The predicted octanol–water partition coefficient (Wildman–Crippen LogP) is 5.16. The summed E-state index contributed by atoms with van der Waals surface area (Å²) in [5, 5.41) is 14.8. The van der Waals surface area contributed by atoms with E-state index in [2.05, 4.69) is 20.8 Å². The highest BCUT2D eigenvalue weighted by molar-refractivity contribution is 6.30. The molecule has 0 aliphatic heterocycles. The van der Waals surface area contributed by atoms with Crippen LogP contribution in [0, 0.1) is 13.8 Å². The Kier molecular flexibility index (Phi) is 7.75. The van der Waals surface area contributed by atoms with Crippen LogP contribution in [-0.4, -0.2) is 43.5 Å². The number of aromatic nitrogens is 4. The standard InChI is InChI=1S/C27H27ClN6O2/c1-4-16-33(27(36)21-10-14-23(15-11-21)34-17-29-31-32-34)25(20-8-12-22(28)13-9-20)26(35)30-24-18(2)6-5-7-19(24)3/h5-15,17,25H,4,16H2,1-3H3,(H,30,35)/t25-/m1/s1. The van der Waals surface area contributed by atoms with Gasteiger partial charge in [0, 0.05) is 22.8 Å². The Morgan fingerprint density at radius 3 is 2.25 bits per heavy atom. The molecule has 4 aromatic rings. The molecule has 1 N–H and O–H groups in total. The van der Waals surface area contributed by atoms with Crippen molar-refractivity contribution in [2.45, 2.75) is 33.2 Å². The lowest BCUT2D eigenvalue weighted by atomic mass is 10.0. The van der Waals surface area contributed by atoms with Crippen molar-refractivity contribution < 1.29 is 9.59 Å². The number of para-hydroxylation sites is 1. The summed E-state index contributed by atoms with van der Waals surface area (Å²) >= 11 is 6.13. The van der Waals surface area contributed by atoms with Gasteiger partial charge in [0.2, 0.25) is 0 Å². The van der Waals surface area contributed by atoms with Gasteiger partial charge in [0.1, 0.15) is 12.4 Å². The maximum Gasteiger partial charge on any atom is 0.254 e. The maximum absolute atomic E-state index is 13.8. The average Bonchev–Trinajstić information content (AvgIpc) is 3.42. The van der Waals surface area contributed by atoms with E-state index in [4.69, 9.17) is 11.6 Å². The highest BCUT2D eigenvalue weighted by atomic mass is 35.5. The van der Waals surface area contributed by atoms with E-state index >= 15 is 0 Å². The molecule has 0 spiro atoms. The minimum Gasteiger partial charge on any atom is -0.323 e. The van der Waals surface area contributed by atoms with E-state index in [-0.39, 0.29) is 11.8 Å². The number of nitrogens with zero attached hydrogens (tertiary/aromatic N) is 5. The molecule has 2 amide bonds. The Morgan fingerprint density at radius 2 is 1.67 bits per heavy atom. The van der Waals surface area contributed by atoms with Crippen LogP contribution in [0.15, 0.2) is 73.1 Å². The second kappa shape index (κ2) is 11.1. The number of anilines is 1. The second-order valence-corrected chi connectivity index (χ2v) is 8.95. The first kappa shape index (κ1) is 25.1. The van der Waals surface area contributed by atoms with Gasteiger partial charge in [0.25, 0.3) is 11.8 Å². The fourth-order valence-corrected chi connectivity index (χ4v) is 4.24. The zero-order valence-corrected chi connectivity index (χ0v) is 21.1. The number of hydrogen-bond donors (Lipinski definition) is 1. The van der Waals surface area contributed by atoms with Crippen LogP contribution in [0.1, 0.15) is 46.4 Å². The lowest BCUT2D eigenvalue weighted by molar-refractivity contribution is -0.120. The monoisotopic (exact) mass is 502 g/mol. The van der Waals surface area contributed by atoms with Gasteiger partial charge in [-0.05, 0) is 83.8 Å². The minimum absolute atomic E-state index is 0.253. The Balaban J connectivity index is 1.71. The third-order valence-corrected chi connectivity index (χ3v) is 6.18. The number of halogens is 1. The van der Waals surface area contributed by atoms with Crippen molar-refractivity contribution in [1.82, 2.24) is 25.1 Å². The molecular formula is C27H27ClN6O2. The van der Waals surface area contributed by atoms with Crippen LogP contribution in [0.5, 0.6) is 0 Å². The van der Waals surface area contributed by atoms with E-state index < -0.39 is 6.04 Å². The molecule has 0 unspecified atom stereocenters. The van der Waals surface area contributed by atoms with Crippen LogP contribution in [0.4, 0.5) is 5.69 Å². The lowest BCUT2D eigenvalue weighted by Gasteiger charge is -2.31. The highest BCUT2D eigenvalue weighted by Gasteiger charge is 2.32. The van der Waals surface area contributed by atoms with Crippen molar-refractivity contribution in [2.24, 2.45) is 0 Å². The van der Waals surface area contributed by atoms with E-state index in [1.54, 1.807) is 53.4 Å². The summed E-state index contributed by atoms with van der Waals surface area (Å²) in [5.74, 6) is -0.543. The molecule has 184 valence electrons. The largest absolute Gasteiger partial charge is 0.323 e. The number of aryl methyl sites for hydroxylation is 2. The number of carbonyl (C=O) groups is 2. The number of benzene rings is 3. The van der Waals surface area contributed by atoms with Crippen LogP contribution in [0.2, 0.25) is 5.02 Å². The summed E-state index contributed by atoms with van der Waals surface area (Å²) in [7, 11) is 0. The molecule has 0 aliphatic rings. The fourth-order valence-electron chi connectivity index (χ4n) is 4.11. The summed E-state index contributed by atoms with van der Waals surface area (Å²) in [6, 6.07) is 19.0. The van der Waals surface area contributed by atoms with Crippen molar-refractivity contribution in [3.63, 3.8) is 0 Å². The fraction of sp³-hybridized carbons (Fsp3) is 0.222. The van der Waals surface area contributed by atoms with Crippen molar-refractivity contribution in [3.05, 3.63) is 100 Å². The molecule has 0 saturated heterocycles. The molecule has 0 bridgehead atoms. The number of nitrogens with one attached hydrogen (secondary N) is 1. The Hall–Kier alpha value is -4.04. The summed E-state index contributed by atoms with van der Waals surface area (Å²) in [5.41, 5.74) is 4.50. The van der Waals surface area contributed by atoms with Gasteiger partial charge in [-0.15, -0.1) is 5.10 Å². The van der Waals surface area contributed by atoms with E-state index in [0.29, 0.717) is 29.1 Å². The van der Waals surface area contributed by atoms with Crippen molar-refractivity contribution in [3.8, 4) is 5.69 Å². The Bertz CT molecular complexity index is 1320. The van der Waals surface area contributed by atoms with Gasteiger partial charge in [-0.2, -0.15) is 0 Å². The molecule has 4 rings (SSSR count). The van der Waals surface area contributed by atoms with Gasteiger partial charge in [-0.1, -0.05) is 48.9 Å². The predicted molar refractivity (Wildman–Crippen MR) is 139 cm³/mol. The van der Waals surface area contributed by atoms with Gasteiger partial charge in [-0.3, -0.25) is 9.59 Å². The van der Waals surface area contributed by atoms with Crippen LogP contribution in [-0.2, 0) is 4.79 Å². The van der Waals surface area contributed by atoms with Crippen LogP contribution >= 0.6 is 11.6 Å². The van der Waals surface area contributed by atoms with Gasteiger partial charge >= 0.3 is 0 Å². The highest BCUT2D eigenvalue weighted by Crippen LogP contribution is 2.28. The van der Waals surface area contributed by atoms with Crippen molar-refractivity contribution >= 4 is 29.1 Å². The molecule has 3 aromatic carbocycles. The summed E-state index contributed by atoms with van der Waals surface area (Å²) in [4.78, 5) is 29.2. The lowest BCUT2D eigenvalue weighted by Crippen LogP contribution is -2.42. The summed E-state index contributed by atoms with van der Waals surface area (Å²) in [6.45, 7) is 6.26. The molecule has 36 heavy (non-hydrogen) atoms. The normalized spacial score (nSPS) is 11.7. The molecule has 0 aliphatic carbocycles. The number of carbonyl (C=O) groups excluding carboxylic acids is 2. The van der Waals surface area contributed by atoms with E-state index in [1.165, 1.54) is 11.0 Å². The van der Waals surface area contributed by atoms with Gasteiger partial charge < -0.3 is 10.2 Å².